The zero-order valence-corrected chi connectivity index (χ0v) is 12.1. The molecule has 0 spiro atoms. The smallest absolute Gasteiger partial charge is 0.182 e. The van der Waals surface area contributed by atoms with Gasteiger partial charge in [-0.1, -0.05) is 6.92 Å². The van der Waals surface area contributed by atoms with Crippen LogP contribution in [0.2, 0.25) is 0 Å². The van der Waals surface area contributed by atoms with E-state index in [2.05, 4.69) is 4.98 Å². The van der Waals surface area contributed by atoms with Gasteiger partial charge in [0, 0.05) is 23.5 Å². The molecule has 1 aliphatic rings. The van der Waals surface area contributed by atoms with Gasteiger partial charge in [-0.15, -0.1) is 11.3 Å². The van der Waals surface area contributed by atoms with Gasteiger partial charge in [0.1, 0.15) is 0 Å². The minimum atomic E-state index is -0.782. The number of hydrogen-bond donors (Lipinski definition) is 0. The Hall–Kier alpha value is -1.49. The highest BCUT2D eigenvalue weighted by molar-refractivity contribution is 7.10. The van der Waals surface area contributed by atoms with Crippen molar-refractivity contribution in [3.05, 3.63) is 34.2 Å². The second-order valence-corrected chi connectivity index (χ2v) is 5.87. The summed E-state index contributed by atoms with van der Waals surface area (Å²) in [6.07, 6.45) is 2.85. The summed E-state index contributed by atoms with van der Waals surface area (Å²) < 4.78 is 28.7. The van der Waals surface area contributed by atoms with E-state index in [9.17, 15) is 8.78 Å². The van der Waals surface area contributed by atoms with Crippen molar-refractivity contribution in [1.82, 2.24) is 4.98 Å². The summed E-state index contributed by atoms with van der Waals surface area (Å²) >= 11 is 1.48. The van der Waals surface area contributed by atoms with E-state index >= 15 is 0 Å². The Bertz CT molecular complexity index is 618. The molecule has 0 atom stereocenters. The minimum Gasteiger partial charge on any atom is -0.369 e. The molecule has 20 heavy (non-hydrogen) atoms. The average Bonchev–Trinajstić information content (AvgIpc) is 3.12. The Kier molecular flexibility index (Phi) is 3.70. The van der Waals surface area contributed by atoms with Crippen molar-refractivity contribution in [3.8, 4) is 11.3 Å². The van der Waals surface area contributed by atoms with Crippen LogP contribution in [0, 0.1) is 11.6 Å². The highest BCUT2D eigenvalue weighted by Gasteiger charge is 2.22. The second-order valence-electron chi connectivity index (χ2n) is 4.93. The summed E-state index contributed by atoms with van der Waals surface area (Å²) in [5, 5.41) is 0. The van der Waals surface area contributed by atoms with E-state index in [1.54, 1.807) is 17.6 Å². The molecule has 0 bridgehead atoms. The molecule has 1 aliphatic heterocycles. The zero-order chi connectivity index (χ0) is 14.1. The molecule has 1 fully saturated rings. The molecule has 0 unspecified atom stereocenters. The van der Waals surface area contributed by atoms with Gasteiger partial charge in [-0.2, -0.15) is 0 Å². The molecule has 1 aromatic carbocycles. The van der Waals surface area contributed by atoms with Crippen molar-refractivity contribution in [3.63, 3.8) is 0 Å². The maximum Gasteiger partial charge on any atom is 0.182 e. The number of aryl methyl sites for hydroxylation is 1. The summed E-state index contributed by atoms with van der Waals surface area (Å²) in [5.74, 6) is -1.53. The Morgan fingerprint density at radius 1 is 1.20 bits per heavy atom. The molecule has 3 rings (SSSR count). The van der Waals surface area contributed by atoms with Crippen LogP contribution in [0.1, 0.15) is 24.6 Å². The van der Waals surface area contributed by atoms with Gasteiger partial charge in [-0.05, 0) is 31.4 Å². The number of nitrogens with zero attached hydrogens (tertiary/aromatic N) is 2. The van der Waals surface area contributed by atoms with Crippen LogP contribution < -0.4 is 4.90 Å². The quantitative estimate of drug-likeness (QED) is 0.841. The molecule has 106 valence electrons. The van der Waals surface area contributed by atoms with Crippen molar-refractivity contribution >= 4 is 17.0 Å². The number of hydrogen-bond acceptors (Lipinski definition) is 3. The third-order valence-corrected chi connectivity index (χ3v) is 4.70. The predicted octanol–water partition coefficient (Wildman–Crippen LogP) is 4.25. The van der Waals surface area contributed by atoms with Crippen molar-refractivity contribution in [2.75, 3.05) is 18.0 Å². The number of anilines is 1. The third-order valence-electron chi connectivity index (χ3n) is 3.73. The van der Waals surface area contributed by atoms with Gasteiger partial charge in [0.15, 0.2) is 11.6 Å². The molecule has 0 amide bonds. The lowest BCUT2D eigenvalue weighted by Gasteiger charge is -2.19. The standard InChI is InChI=1S/C15H16F2N2S/c1-2-12-15(18-9-20-12)10-5-6-11(14(17)13(10)16)19-7-3-4-8-19/h5-6,9H,2-4,7-8H2,1H3. The molecule has 2 heterocycles. The van der Waals surface area contributed by atoms with Crippen molar-refractivity contribution in [2.45, 2.75) is 26.2 Å². The van der Waals surface area contributed by atoms with E-state index in [1.807, 2.05) is 11.8 Å². The van der Waals surface area contributed by atoms with Gasteiger partial charge < -0.3 is 4.90 Å². The summed E-state index contributed by atoms with van der Waals surface area (Å²) in [7, 11) is 0. The van der Waals surface area contributed by atoms with E-state index in [4.69, 9.17) is 0 Å². The Balaban J connectivity index is 2.04. The first-order chi connectivity index (χ1) is 9.72. The van der Waals surface area contributed by atoms with Gasteiger partial charge in [-0.25, -0.2) is 13.8 Å². The lowest BCUT2D eigenvalue weighted by Crippen LogP contribution is -2.19. The van der Waals surface area contributed by atoms with Crippen molar-refractivity contribution < 1.29 is 8.78 Å². The molecule has 0 radical (unpaired) electrons. The van der Waals surface area contributed by atoms with Gasteiger partial charge in [0.2, 0.25) is 0 Å². The first kappa shape index (κ1) is 13.5. The molecular weight excluding hydrogens is 278 g/mol. The highest BCUT2D eigenvalue weighted by Crippen LogP contribution is 2.33. The Morgan fingerprint density at radius 2 is 1.95 bits per heavy atom. The molecular formula is C15H16F2N2S. The first-order valence-electron chi connectivity index (χ1n) is 6.88. The van der Waals surface area contributed by atoms with Crippen LogP contribution in [-0.4, -0.2) is 18.1 Å². The molecule has 0 saturated carbocycles. The number of halogens is 2. The average molecular weight is 294 g/mol. The van der Waals surface area contributed by atoms with Gasteiger partial charge >= 0.3 is 0 Å². The fourth-order valence-electron chi connectivity index (χ4n) is 2.67. The van der Waals surface area contributed by atoms with Gasteiger partial charge in [0.25, 0.3) is 0 Å². The monoisotopic (exact) mass is 294 g/mol. The fourth-order valence-corrected chi connectivity index (χ4v) is 3.39. The fraction of sp³-hybridized carbons (Fsp3) is 0.400. The van der Waals surface area contributed by atoms with E-state index in [0.29, 0.717) is 11.4 Å². The summed E-state index contributed by atoms with van der Waals surface area (Å²) in [6.45, 7) is 3.59. The molecule has 2 nitrogen and oxygen atoms in total. The lowest BCUT2D eigenvalue weighted by molar-refractivity contribution is 0.510. The molecule has 0 N–H and O–H groups in total. The lowest BCUT2D eigenvalue weighted by atomic mass is 10.1. The van der Waals surface area contributed by atoms with Crippen LogP contribution in [0.15, 0.2) is 17.6 Å². The van der Waals surface area contributed by atoms with Gasteiger partial charge in [-0.3, -0.25) is 0 Å². The SMILES string of the molecule is CCc1scnc1-c1ccc(N2CCCC2)c(F)c1F. The van der Waals surface area contributed by atoms with Crippen molar-refractivity contribution in [2.24, 2.45) is 0 Å². The number of aromatic nitrogens is 1. The van der Waals surface area contributed by atoms with Crippen LogP contribution in [0.4, 0.5) is 14.5 Å². The summed E-state index contributed by atoms with van der Waals surface area (Å²) in [5.41, 5.74) is 2.89. The molecule has 1 saturated heterocycles. The minimum absolute atomic E-state index is 0.267. The van der Waals surface area contributed by atoms with E-state index < -0.39 is 11.6 Å². The number of rotatable bonds is 3. The van der Waals surface area contributed by atoms with Crippen LogP contribution >= 0.6 is 11.3 Å². The molecule has 0 aliphatic carbocycles. The number of benzene rings is 1. The van der Waals surface area contributed by atoms with Crippen LogP contribution in [0.5, 0.6) is 0 Å². The van der Waals surface area contributed by atoms with E-state index in [1.165, 1.54) is 11.3 Å². The molecule has 1 aromatic heterocycles. The zero-order valence-electron chi connectivity index (χ0n) is 11.3. The van der Waals surface area contributed by atoms with Crippen LogP contribution in [0.3, 0.4) is 0 Å². The van der Waals surface area contributed by atoms with Gasteiger partial charge in [0.05, 0.1) is 16.9 Å². The number of thiazole rings is 1. The predicted molar refractivity (Wildman–Crippen MR) is 78.3 cm³/mol. The van der Waals surface area contributed by atoms with Crippen LogP contribution in [0.25, 0.3) is 11.3 Å². The Labute approximate surface area is 121 Å². The maximum absolute atomic E-state index is 14.4. The first-order valence-corrected chi connectivity index (χ1v) is 7.76. The molecule has 2 aromatic rings. The Morgan fingerprint density at radius 3 is 2.65 bits per heavy atom. The topological polar surface area (TPSA) is 16.1 Å². The molecule has 5 heteroatoms. The van der Waals surface area contributed by atoms with E-state index in [-0.39, 0.29) is 5.56 Å². The van der Waals surface area contributed by atoms with E-state index in [0.717, 1.165) is 37.2 Å². The highest BCUT2D eigenvalue weighted by atomic mass is 32.1. The second kappa shape index (κ2) is 5.48. The maximum atomic E-state index is 14.4. The van der Waals surface area contributed by atoms with Crippen molar-refractivity contribution in [1.29, 1.82) is 0 Å². The summed E-state index contributed by atoms with van der Waals surface area (Å²) in [6, 6.07) is 3.33. The largest absolute Gasteiger partial charge is 0.369 e. The van der Waals surface area contributed by atoms with Crippen LogP contribution in [-0.2, 0) is 6.42 Å². The third kappa shape index (κ3) is 2.20. The normalized spacial score (nSPS) is 15.1. The summed E-state index contributed by atoms with van der Waals surface area (Å²) in [4.78, 5) is 7.07.